The predicted molar refractivity (Wildman–Crippen MR) is 76.3 cm³/mol. The average Bonchev–Trinajstić information content (AvgIpc) is 2.67. The van der Waals surface area contributed by atoms with Gasteiger partial charge in [0.15, 0.2) is 0 Å². The standard InChI is InChI=1S/C13H21NOS2/c1-10(9-13-4-3-11(2)16-13)14-12-5-7-17(15)8-6-12/h3-4,10,12,14H,5-9H2,1-2H3. The molecule has 1 aromatic heterocycles. The minimum atomic E-state index is -0.548. The van der Waals surface area contributed by atoms with Gasteiger partial charge in [-0.15, -0.1) is 11.3 Å². The molecule has 1 unspecified atom stereocenters. The average molecular weight is 271 g/mol. The van der Waals surface area contributed by atoms with Gasteiger partial charge in [-0.1, -0.05) is 0 Å². The zero-order valence-electron chi connectivity index (χ0n) is 10.6. The van der Waals surface area contributed by atoms with Crippen LogP contribution in [0.5, 0.6) is 0 Å². The molecule has 1 N–H and O–H groups in total. The fourth-order valence-corrected chi connectivity index (χ4v) is 4.64. The summed E-state index contributed by atoms with van der Waals surface area (Å²) in [5.41, 5.74) is 0. The van der Waals surface area contributed by atoms with Gasteiger partial charge in [0.2, 0.25) is 0 Å². The number of nitrogens with one attached hydrogen (secondary N) is 1. The molecule has 17 heavy (non-hydrogen) atoms. The molecule has 1 aromatic rings. The molecule has 0 aromatic carbocycles. The Balaban J connectivity index is 1.77. The third-order valence-electron chi connectivity index (χ3n) is 3.21. The molecule has 1 saturated heterocycles. The molecule has 0 aliphatic carbocycles. The lowest BCUT2D eigenvalue weighted by atomic mass is 10.1. The lowest BCUT2D eigenvalue weighted by molar-refractivity contribution is 0.418. The van der Waals surface area contributed by atoms with Crippen LogP contribution in [0.2, 0.25) is 0 Å². The van der Waals surface area contributed by atoms with E-state index in [1.807, 2.05) is 11.3 Å². The second kappa shape index (κ2) is 6.12. The highest BCUT2D eigenvalue weighted by atomic mass is 32.2. The van der Waals surface area contributed by atoms with Crippen LogP contribution in [0.25, 0.3) is 0 Å². The molecule has 2 heterocycles. The molecule has 2 rings (SSSR count). The van der Waals surface area contributed by atoms with E-state index in [9.17, 15) is 4.21 Å². The zero-order valence-corrected chi connectivity index (χ0v) is 12.2. The Hall–Kier alpha value is -0.190. The van der Waals surface area contributed by atoms with Crippen LogP contribution in [-0.2, 0) is 17.2 Å². The normalized spacial score (nSPS) is 26.9. The van der Waals surface area contributed by atoms with Crippen LogP contribution in [0.1, 0.15) is 29.5 Å². The topological polar surface area (TPSA) is 29.1 Å². The fourth-order valence-electron chi connectivity index (χ4n) is 2.32. The van der Waals surface area contributed by atoms with E-state index in [0.29, 0.717) is 12.1 Å². The van der Waals surface area contributed by atoms with Crippen molar-refractivity contribution >= 4 is 22.1 Å². The van der Waals surface area contributed by atoms with Crippen molar-refractivity contribution in [3.8, 4) is 0 Å². The lowest BCUT2D eigenvalue weighted by Crippen LogP contribution is -2.41. The first-order valence-corrected chi connectivity index (χ1v) is 8.60. The van der Waals surface area contributed by atoms with Crippen LogP contribution < -0.4 is 5.32 Å². The molecular formula is C13H21NOS2. The summed E-state index contributed by atoms with van der Waals surface area (Å²) in [7, 11) is -0.548. The van der Waals surface area contributed by atoms with E-state index in [0.717, 1.165) is 30.8 Å². The van der Waals surface area contributed by atoms with Crippen LogP contribution in [0.4, 0.5) is 0 Å². The maximum Gasteiger partial charge on any atom is 0.0249 e. The number of hydrogen-bond donors (Lipinski definition) is 1. The summed E-state index contributed by atoms with van der Waals surface area (Å²) in [6, 6.07) is 5.51. The van der Waals surface area contributed by atoms with Gasteiger partial charge in [-0.3, -0.25) is 4.21 Å². The molecule has 4 heteroatoms. The van der Waals surface area contributed by atoms with E-state index in [-0.39, 0.29) is 0 Å². The zero-order chi connectivity index (χ0) is 12.3. The third kappa shape index (κ3) is 4.19. The van der Waals surface area contributed by atoms with Crippen molar-refractivity contribution in [2.75, 3.05) is 11.5 Å². The van der Waals surface area contributed by atoms with Gasteiger partial charge in [0.05, 0.1) is 0 Å². The van der Waals surface area contributed by atoms with Gasteiger partial charge in [0.1, 0.15) is 0 Å². The van der Waals surface area contributed by atoms with E-state index in [4.69, 9.17) is 0 Å². The largest absolute Gasteiger partial charge is 0.311 e. The number of thiophene rings is 1. The van der Waals surface area contributed by atoms with Crippen molar-refractivity contribution in [1.29, 1.82) is 0 Å². The summed E-state index contributed by atoms with van der Waals surface area (Å²) in [5, 5.41) is 3.67. The maximum atomic E-state index is 11.3. The molecule has 2 nitrogen and oxygen atoms in total. The first kappa shape index (κ1) is 13.2. The summed E-state index contributed by atoms with van der Waals surface area (Å²) in [4.78, 5) is 2.85. The van der Waals surface area contributed by atoms with E-state index in [1.165, 1.54) is 9.75 Å². The lowest BCUT2D eigenvalue weighted by Gasteiger charge is -2.26. The second-order valence-electron chi connectivity index (χ2n) is 4.91. The van der Waals surface area contributed by atoms with Gasteiger partial charge in [-0.25, -0.2) is 0 Å². The summed E-state index contributed by atoms with van der Waals surface area (Å²) in [5.74, 6) is 1.75. The van der Waals surface area contributed by atoms with E-state index in [2.05, 4.69) is 31.3 Å². The molecule has 96 valence electrons. The number of hydrogen-bond acceptors (Lipinski definition) is 3. The van der Waals surface area contributed by atoms with Crippen molar-refractivity contribution < 1.29 is 4.21 Å². The SMILES string of the molecule is Cc1ccc(CC(C)NC2CCS(=O)CC2)s1. The highest BCUT2D eigenvalue weighted by Crippen LogP contribution is 2.17. The summed E-state index contributed by atoms with van der Waals surface area (Å²) in [6.07, 6.45) is 3.25. The molecule has 1 aliphatic heterocycles. The molecule has 0 bridgehead atoms. The molecule has 0 saturated carbocycles. The van der Waals surface area contributed by atoms with Crippen molar-refractivity contribution in [2.24, 2.45) is 0 Å². The molecular weight excluding hydrogens is 250 g/mol. The molecule has 0 spiro atoms. The van der Waals surface area contributed by atoms with Gasteiger partial charge in [-0.05, 0) is 45.2 Å². The molecule has 0 radical (unpaired) electrons. The number of rotatable bonds is 4. The predicted octanol–water partition coefficient (Wildman–Crippen LogP) is 2.49. The van der Waals surface area contributed by atoms with Crippen LogP contribution >= 0.6 is 11.3 Å². The maximum absolute atomic E-state index is 11.3. The second-order valence-corrected chi connectivity index (χ2v) is 7.98. The first-order chi connectivity index (χ1) is 8.13. The summed E-state index contributed by atoms with van der Waals surface area (Å²) >= 11 is 1.89. The number of aryl methyl sites for hydroxylation is 1. The van der Waals surface area contributed by atoms with Gasteiger partial charge < -0.3 is 5.32 Å². The van der Waals surface area contributed by atoms with Crippen LogP contribution in [-0.4, -0.2) is 27.8 Å². The van der Waals surface area contributed by atoms with Gasteiger partial charge >= 0.3 is 0 Å². The van der Waals surface area contributed by atoms with Gasteiger partial charge in [-0.2, -0.15) is 0 Å². The molecule has 1 atom stereocenters. The van der Waals surface area contributed by atoms with Crippen LogP contribution in [0, 0.1) is 6.92 Å². The highest BCUT2D eigenvalue weighted by Gasteiger charge is 2.19. The smallest absolute Gasteiger partial charge is 0.0249 e. The Kier molecular flexibility index (Phi) is 4.77. The highest BCUT2D eigenvalue weighted by molar-refractivity contribution is 7.85. The van der Waals surface area contributed by atoms with Gasteiger partial charge in [0.25, 0.3) is 0 Å². The van der Waals surface area contributed by atoms with E-state index >= 15 is 0 Å². The van der Waals surface area contributed by atoms with E-state index in [1.54, 1.807) is 0 Å². The Morgan fingerprint density at radius 2 is 2.18 bits per heavy atom. The first-order valence-electron chi connectivity index (χ1n) is 6.30. The van der Waals surface area contributed by atoms with Crippen LogP contribution in [0.15, 0.2) is 12.1 Å². The Morgan fingerprint density at radius 1 is 1.47 bits per heavy atom. The van der Waals surface area contributed by atoms with Crippen LogP contribution in [0.3, 0.4) is 0 Å². The Morgan fingerprint density at radius 3 is 2.76 bits per heavy atom. The Labute approximate surface area is 110 Å². The summed E-state index contributed by atoms with van der Waals surface area (Å²) in [6.45, 7) is 4.41. The van der Waals surface area contributed by atoms with Crippen molar-refractivity contribution in [3.05, 3.63) is 21.9 Å². The van der Waals surface area contributed by atoms with Crippen molar-refractivity contribution in [3.63, 3.8) is 0 Å². The summed E-state index contributed by atoms with van der Waals surface area (Å²) < 4.78 is 11.3. The quantitative estimate of drug-likeness (QED) is 0.911. The Bertz CT molecular complexity index is 379. The monoisotopic (exact) mass is 271 g/mol. The molecule has 0 amide bonds. The van der Waals surface area contributed by atoms with E-state index < -0.39 is 10.8 Å². The third-order valence-corrected chi connectivity index (χ3v) is 5.62. The van der Waals surface area contributed by atoms with Crippen molar-refractivity contribution in [2.45, 2.75) is 45.2 Å². The minimum absolute atomic E-state index is 0.518. The molecule has 1 aliphatic rings. The van der Waals surface area contributed by atoms with Gasteiger partial charge in [0, 0.05) is 44.1 Å². The molecule has 1 fully saturated rings. The van der Waals surface area contributed by atoms with Crippen molar-refractivity contribution in [1.82, 2.24) is 5.32 Å². The minimum Gasteiger partial charge on any atom is -0.311 e. The fraction of sp³-hybridized carbons (Fsp3) is 0.692.